The number of nitrogens with one attached hydrogen (secondary N) is 1. The van der Waals surface area contributed by atoms with Crippen LogP contribution in [0.5, 0.6) is 11.6 Å². The Hall–Kier alpha value is -3.02. The lowest BCUT2D eigenvalue weighted by Crippen LogP contribution is -2.19. The number of aryl methyl sites for hydroxylation is 1. The summed E-state index contributed by atoms with van der Waals surface area (Å²) >= 11 is 0. The number of sulfonamides is 1. The third kappa shape index (κ3) is 6.30. The number of nitrogens with zero attached hydrogens (tertiary/aromatic N) is 1. The number of hydrogen-bond acceptors (Lipinski definition) is 6. The average molecular weight is 420 g/mol. The van der Waals surface area contributed by atoms with Gasteiger partial charge in [0.1, 0.15) is 5.75 Å². The zero-order valence-corrected chi connectivity index (χ0v) is 15.2. The van der Waals surface area contributed by atoms with Gasteiger partial charge >= 0.3 is 12.1 Å². The molecule has 0 aliphatic heterocycles. The van der Waals surface area contributed by atoms with E-state index in [1.54, 1.807) is 6.92 Å². The Morgan fingerprint density at radius 1 is 1.21 bits per heavy atom. The summed E-state index contributed by atoms with van der Waals surface area (Å²) in [6.07, 6.45) is -3.50. The van der Waals surface area contributed by atoms with Crippen molar-refractivity contribution in [3.05, 3.63) is 42.1 Å². The maximum Gasteiger partial charge on any atom is 0.422 e. The number of carboxylic acid groups (broad SMARTS) is 1. The molecule has 8 nitrogen and oxygen atoms in total. The summed E-state index contributed by atoms with van der Waals surface area (Å²) in [5, 5.41) is 8.61. The summed E-state index contributed by atoms with van der Waals surface area (Å²) in [5.41, 5.74) is 0.418. The Labute approximate surface area is 158 Å². The summed E-state index contributed by atoms with van der Waals surface area (Å²) in [4.78, 5) is 14.0. The number of hydrogen-bond donors (Lipinski definition) is 2. The Morgan fingerprint density at radius 3 is 2.46 bits per heavy atom. The second kappa shape index (κ2) is 8.33. The molecule has 0 aliphatic carbocycles. The van der Waals surface area contributed by atoms with Crippen LogP contribution in [-0.4, -0.2) is 43.9 Å². The fraction of sp³-hybridized carbons (Fsp3) is 0.250. The molecule has 2 rings (SSSR count). The van der Waals surface area contributed by atoms with Crippen LogP contribution in [-0.2, 0) is 14.8 Å². The van der Waals surface area contributed by atoms with E-state index >= 15 is 0 Å². The minimum absolute atomic E-state index is 0.0169. The van der Waals surface area contributed by atoms with E-state index in [-0.39, 0.29) is 22.2 Å². The lowest BCUT2D eigenvalue weighted by atomic mass is 10.2. The predicted octanol–water partition coefficient (Wildman–Crippen LogP) is 2.60. The largest absolute Gasteiger partial charge is 0.482 e. The van der Waals surface area contributed by atoms with E-state index in [4.69, 9.17) is 9.84 Å². The molecule has 0 saturated carbocycles. The number of carbonyl (C=O) groups is 1. The van der Waals surface area contributed by atoms with Crippen LogP contribution in [0.2, 0.25) is 0 Å². The maximum atomic E-state index is 12.4. The number of ether oxygens (including phenoxy) is 2. The van der Waals surface area contributed by atoms with Gasteiger partial charge in [0.15, 0.2) is 13.2 Å². The van der Waals surface area contributed by atoms with Crippen molar-refractivity contribution in [3.8, 4) is 11.6 Å². The molecule has 2 N–H and O–H groups in total. The van der Waals surface area contributed by atoms with Gasteiger partial charge in [-0.25, -0.2) is 18.2 Å². The molecule has 0 spiro atoms. The smallest absolute Gasteiger partial charge is 0.422 e. The van der Waals surface area contributed by atoms with Crippen molar-refractivity contribution in [1.29, 1.82) is 0 Å². The second-order valence-corrected chi connectivity index (χ2v) is 7.19. The number of alkyl halides is 3. The van der Waals surface area contributed by atoms with E-state index in [0.717, 1.165) is 12.3 Å². The quantitative estimate of drug-likeness (QED) is 0.675. The number of halogens is 3. The van der Waals surface area contributed by atoms with Gasteiger partial charge in [0.25, 0.3) is 10.0 Å². The third-order valence-corrected chi connectivity index (χ3v) is 4.56. The Kier molecular flexibility index (Phi) is 6.33. The number of rotatable bonds is 8. The summed E-state index contributed by atoms with van der Waals surface area (Å²) in [5.74, 6) is -1.27. The first-order valence-corrected chi connectivity index (χ1v) is 9.08. The van der Waals surface area contributed by atoms with Crippen molar-refractivity contribution >= 4 is 21.7 Å². The van der Waals surface area contributed by atoms with Gasteiger partial charge in [0.05, 0.1) is 16.8 Å². The van der Waals surface area contributed by atoms with Crippen molar-refractivity contribution in [3.63, 3.8) is 0 Å². The lowest BCUT2D eigenvalue weighted by molar-refractivity contribution is -0.154. The van der Waals surface area contributed by atoms with Crippen LogP contribution in [0.4, 0.5) is 18.9 Å². The van der Waals surface area contributed by atoms with Crippen molar-refractivity contribution < 1.29 is 41.0 Å². The molecule has 1 heterocycles. The van der Waals surface area contributed by atoms with Gasteiger partial charge < -0.3 is 14.6 Å². The van der Waals surface area contributed by atoms with Gasteiger partial charge in [-0.1, -0.05) is 0 Å². The molecule has 0 unspecified atom stereocenters. The van der Waals surface area contributed by atoms with E-state index in [1.807, 2.05) is 0 Å². The first-order valence-electron chi connectivity index (χ1n) is 7.60. The van der Waals surface area contributed by atoms with Crippen LogP contribution < -0.4 is 14.2 Å². The number of carboxylic acids is 1. The Morgan fingerprint density at radius 2 is 1.93 bits per heavy atom. The number of aliphatic carboxylic acids is 1. The highest BCUT2D eigenvalue weighted by Crippen LogP contribution is 2.24. The highest BCUT2D eigenvalue weighted by molar-refractivity contribution is 7.92. The molecule has 0 aliphatic rings. The first-order chi connectivity index (χ1) is 13.0. The third-order valence-electron chi connectivity index (χ3n) is 3.18. The van der Waals surface area contributed by atoms with Crippen LogP contribution in [0.25, 0.3) is 0 Å². The molecular formula is C16H15F3N2O6S. The molecule has 1 aromatic carbocycles. The molecule has 1 aromatic heterocycles. The van der Waals surface area contributed by atoms with E-state index in [1.165, 1.54) is 24.3 Å². The zero-order chi connectivity index (χ0) is 20.9. The van der Waals surface area contributed by atoms with E-state index < -0.39 is 35.4 Å². The Balaban J connectivity index is 2.08. The van der Waals surface area contributed by atoms with Crippen molar-refractivity contribution in [2.75, 3.05) is 17.9 Å². The van der Waals surface area contributed by atoms with Gasteiger partial charge in [-0.3, -0.25) is 4.72 Å². The number of aromatic nitrogens is 1. The molecular weight excluding hydrogens is 405 g/mol. The molecule has 0 fully saturated rings. The van der Waals surface area contributed by atoms with Gasteiger partial charge in [0, 0.05) is 6.07 Å². The molecule has 0 saturated heterocycles. The van der Waals surface area contributed by atoms with Gasteiger partial charge in [-0.05, 0) is 36.8 Å². The van der Waals surface area contributed by atoms with E-state index in [0.29, 0.717) is 5.56 Å². The minimum Gasteiger partial charge on any atom is -0.482 e. The zero-order valence-electron chi connectivity index (χ0n) is 14.4. The van der Waals surface area contributed by atoms with Crippen LogP contribution in [0, 0.1) is 6.92 Å². The fourth-order valence-electron chi connectivity index (χ4n) is 1.99. The van der Waals surface area contributed by atoms with Crippen molar-refractivity contribution in [2.24, 2.45) is 0 Å². The fourth-order valence-corrected chi connectivity index (χ4v) is 3.11. The minimum atomic E-state index is -4.51. The number of benzene rings is 1. The maximum absolute atomic E-state index is 12.4. The molecule has 2 aromatic rings. The summed E-state index contributed by atoms with van der Waals surface area (Å²) in [6, 6.07) is 6.12. The highest BCUT2D eigenvalue weighted by Gasteiger charge is 2.28. The van der Waals surface area contributed by atoms with E-state index in [2.05, 4.69) is 14.4 Å². The van der Waals surface area contributed by atoms with Crippen LogP contribution in [0.15, 0.2) is 41.4 Å². The standard InChI is InChI=1S/C16H15F3N2O6S/c1-10-6-12(3-4-13(10)26-8-15(22)23)28(24,25)21-11-2-5-14(20-7-11)27-9-16(17,18)19/h2-7,21H,8-9H2,1H3,(H,22,23). The van der Waals surface area contributed by atoms with Crippen molar-refractivity contribution in [2.45, 2.75) is 18.0 Å². The Bertz CT molecular complexity index is 946. The van der Waals surface area contributed by atoms with E-state index in [9.17, 15) is 26.4 Å². The molecule has 12 heteroatoms. The molecule has 152 valence electrons. The number of anilines is 1. The lowest BCUT2D eigenvalue weighted by Gasteiger charge is -2.12. The van der Waals surface area contributed by atoms with Crippen molar-refractivity contribution in [1.82, 2.24) is 4.98 Å². The monoisotopic (exact) mass is 420 g/mol. The van der Waals surface area contributed by atoms with Gasteiger partial charge in [-0.2, -0.15) is 13.2 Å². The van der Waals surface area contributed by atoms with Gasteiger partial charge in [-0.15, -0.1) is 0 Å². The molecule has 0 amide bonds. The summed E-state index contributed by atoms with van der Waals surface area (Å²) < 4.78 is 72.8. The number of pyridine rings is 1. The molecule has 0 atom stereocenters. The SMILES string of the molecule is Cc1cc(S(=O)(=O)Nc2ccc(OCC(F)(F)F)nc2)ccc1OCC(=O)O. The summed E-state index contributed by atoms with van der Waals surface area (Å²) in [7, 11) is -4.01. The topological polar surface area (TPSA) is 115 Å². The molecule has 0 bridgehead atoms. The average Bonchev–Trinajstić information content (AvgIpc) is 2.59. The van der Waals surface area contributed by atoms with Crippen LogP contribution >= 0.6 is 0 Å². The van der Waals surface area contributed by atoms with Gasteiger partial charge in [0.2, 0.25) is 5.88 Å². The summed E-state index contributed by atoms with van der Waals surface area (Å²) in [6.45, 7) is -0.537. The second-order valence-electron chi connectivity index (χ2n) is 5.50. The predicted molar refractivity (Wildman–Crippen MR) is 90.9 cm³/mol. The first kappa shape index (κ1) is 21.3. The molecule has 28 heavy (non-hydrogen) atoms. The molecule has 0 radical (unpaired) electrons. The van der Waals surface area contributed by atoms with Crippen LogP contribution in [0.3, 0.4) is 0 Å². The van der Waals surface area contributed by atoms with Crippen LogP contribution in [0.1, 0.15) is 5.56 Å². The highest BCUT2D eigenvalue weighted by atomic mass is 32.2. The normalized spacial score (nSPS) is 11.7.